The van der Waals surface area contributed by atoms with Gasteiger partial charge in [-0.05, 0) is 75.0 Å². The number of hydrogen-bond acceptors (Lipinski definition) is 2. The largest absolute Gasteiger partial charge is 0.381 e. The van der Waals surface area contributed by atoms with E-state index in [9.17, 15) is 0 Å². The first-order chi connectivity index (χ1) is 10.3. The van der Waals surface area contributed by atoms with Gasteiger partial charge in [0.15, 0.2) is 0 Å². The van der Waals surface area contributed by atoms with Crippen LogP contribution in [0.5, 0.6) is 0 Å². The van der Waals surface area contributed by atoms with Gasteiger partial charge in [-0.25, -0.2) is 0 Å². The van der Waals surface area contributed by atoms with Crippen LogP contribution < -0.4 is 5.32 Å². The Bertz CT molecular complexity index is 471. The van der Waals surface area contributed by atoms with E-state index in [1.165, 1.54) is 50.5 Å². The van der Waals surface area contributed by atoms with E-state index in [0.29, 0.717) is 18.2 Å². The molecule has 21 heavy (non-hydrogen) atoms. The predicted octanol–water partition coefficient (Wildman–Crippen LogP) is 4.17. The summed E-state index contributed by atoms with van der Waals surface area (Å²) in [6.07, 6.45) is 10.7. The second-order valence-corrected chi connectivity index (χ2v) is 6.84. The molecule has 3 unspecified atom stereocenters. The molecule has 0 amide bonds. The zero-order valence-electron chi connectivity index (χ0n) is 13.5. The minimum absolute atomic E-state index is 0.442. The lowest BCUT2D eigenvalue weighted by molar-refractivity contribution is 0.0572. The van der Waals surface area contributed by atoms with Crippen LogP contribution in [-0.2, 0) is 17.6 Å². The van der Waals surface area contributed by atoms with E-state index in [2.05, 4.69) is 30.4 Å². The molecule has 3 atom stereocenters. The number of aryl methyl sites for hydroxylation is 2. The molecular formula is C19H29NO. The molecule has 0 aromatic heterocycles. The third kappa shape index (κ3) is 3.67. The van der Waals surface area contributed by atoms with Crippen LogP contribution in [0.15, 0.2) is 18.2 Å². The van der Waals surface area contributed by atoms with Crippen LogP contribution >= 0.6 is 0 Å². The molecule has 0 bridgehead atoms. The molecule has 0 heterocycles. The van der Waals surface area contributed by atoms with Gasteiger partial charge in [-0.3, -0.25) is 0 Å². The minimum Gasteiger partial charge on any atom is -0.381 e. The van der Waals surface area contributed by atoms with Gasteiger partial charge in [0.1, 0.15) is 0 Å². The summed E-state index contributed by atoms with van der Waals surface area (Å²) in [6.45, 7) is 2.31. The molecule has 3 rings (SSSR count). The average Bonchev–Trinajstić information content (AvgIpc) is 2.54. The molecule has 1 aromatic carbocycles. The molecule has 0 saturated heterocycles. The maximum atomic E-state index is 5.54. The van der Waals surface area contributed by atoms with Gasteiger partial charge in [0.25, 0.3) is 0 Å². The van der Waals surface area contributed by atoms with Gasteiger partial charge in [-0.15, -0.1) is 0 Å². The highest BCUT2D eigenvalue weighted by Crippen LogP contribution is 2.27. The lowest BCUT2D eigenvalue weighted by atomic mass is 9.88. The maximum absolute atomic E-state index is 5.54. The molecule has 1 fully saturated rings. The van der Waals surface area contributed by atoms with Crippen LogP contribution in [0.25, 0.3) is 0 Å². The summed E-state index contributed by atoms with van der Waals surface area (Å²) in [5, 5.41) is 3.83. The number of methoxy groups -OCH3 is 1. The molecule has 0 spiro atoms. The molecule has 116 valence electrons. The van der Waals surface area contributed by atoms with Gasteiger partial charge in [0, 0.05) is 19.2 Å². The Balaban J connectivity index is 1.63. The second kappa shape index (κ2) is 6.93. The van der Waals surface area contributed by atoms with Gasteiger partial charge in [0.2, 0.25) is 0 Å². The summed E-state index contributed by atoms with van der Waals surface area (Å²) in [7, 11) is 1.85. The standard InChI is InChI=1S/C19H29NO/c1-14(20-18-8-5-9-19(13-18)21-2)16-11-10-15-6-3-4-7-17(15)12-16/h10-12,14,18-20H,3-9,13H2,1-2H3. The van der Waals surface area contributed by atoms with Crippen molar-refractivity contribution in [1.82, 2.24) is 5.32 Å². The number of fused-ring (bicyclic) bond motifs is 1. The van der Waals surface area contributed by atoms with Crippen LogP contribution in [0.2, 0.25) is 0 Å². The van der Waals surface area contributed by atoms with E-state index in [1.807, 2.05) is 7.11 Å². The van der Waals surface area contributed by atoms with Crippen molar-refractivity contribution in [1.29, 1.82) is 0 Å². The molecule has 2 aliphatic carbocycles. The van der Waals surface area contributed by atoms with Crippen LogP contribution in [0.1, 0.15) is 68.2 Å². The number of benzene rings is 1. The first kappa shape index (κ1) is 15.1. The van der Waals surface area contributed by atoms with Gasteiger partial charge in [0.05, 0.1) is 6.10 Å². The van der Waals surface area contributed by atoms with E-state index in [1.54, 1.807) is 11.1 Å². The fourth-order valence-corrected chi connectivity index (χ4v) is 3.98. The highest BCUT2D eigenvalue weighted by molar-refractivity contribution is 5.35. The Morgan fingerprint density at radius 2 is 1.90 bits per heavy atom. The first-order valence-corrected chi connectivity index (χ1v) is 8.67. The van der Waals surface area contributed by atoms with E-state index >= 15 is 0 Å². The number of rotatable bonds is 4. The molecular weight excluding hydrogens is 258 g/mol. The normalized spacial score (nSPS) is 27.1. The summed E-state index contributed by atoms with van der Waals surface area (Å²) in [6, 6.07) is 8.19. The molecule has 1 N–H and O–H groups in total. The Hall–Kier alpha value is -0.860. The van der Waals surface area contributed by atoms with Crippen LogP contribution in [-0.4, -0.2) is 19.3 Å². The highest BCUT2D eigenvalue weighted by atomic mass is 16.5. The Kier molecular flexibility index (Phi) is 4.97. The fraction of sp³-hybridized carbons (Fsp3) is 0.684. The third-order valence-corrected chi connectivity index (χ3v) is 5.32. The van der Waals surface area contributed by atoms with Crippen molar-refractivity contribution >= 4 is 0 Å². The second-order valence-electron chi connectivity index (χ2n) is 6.84. The molecule has 0 radical (unpaired) electrons. The summed E-state index contributed by atoms with van der Waals surface area (Å²) in [4.78, 5) is 0. The maximum Gasteiger partial charge on any atom is 0.0586 e. The Morgan fingerprint density at radius 3 is 2.71 bits per heavy atom. The van der Waals surface area contributed by atoms with Crippen LogP contribution in [0, 0.1) is 0 Å². The van der Waals surface area contributed by atoms with Crippen LogP contribution in [0.3, 0.4) is 0 Å². The van der Waals surface area contributed by atoms with E-state index in [0.717, 1.165) is 6.42 Å². The monoisotopic (exact) mass is 287 g/mol. The number of nitrogens with one attached hydrogen (secondary N) is 1. The van der Waals surface area contributed by atoms with Crippen molar-refractivity contribution < 1.29 is 4.74 Å². The topological polar surface area (TPSA) is 21.3 Å². The Morgan fingerprint density at radius 1 is 1.10 bits per heavy atom. The van der Waals surface area contributed by atoms with Crippen molar-refractivity contribution in [3.8, 4) is 0 Å². The lowest BCUT2D eigenvalue weighted by Crippen LogP contribution is -2.38. The Labute approximate surface area is 129 Å². The number of hydrogen-bond donors (Lipinski definition) is 1. The summed E-state index contributed by atoms with van der Waals surface area (Å²) < 4.78 is 5.54. The zero-order chi connectivity index (χ0) is 14.7. The van der Waals surface area contributed by atoms with E-state index in [4.69, 9.17) is 4.74 Å². The predicted molar refractivity (Wildman–Crippen MR) is 87.7 cm³/mol. The highest BCUT2D eigenvalue weighted by Gasteiger charge is 2.23. The van der Waals surface area contributed by atoms with E-state index in [-0.39, 0.29) is 0 Å². The van der Waals surface area contributed by atoms with E-state index < -0.39 is 0 Å². The first-order valence-electron chi connectivity index (χ1n) is 8.67. The lowest BCUT2D eigenvalue weighted by Gasteiger charge is -2.31. The average molecular weight is 287 g/mol. The quantitative estimate of drug-likeness (QED) is 0.897. The molecule has 2 nitrogen and oxygen atoms in total. The number of ether oxygens (including phenoxy) is 1. The molecule has 0 aliphatic heterocycles. The van der Waals surface area contributed by atoms with Crippen molar-refractivity contribution in [2.45, 2.75) is 76.5 Å². The van der Waals surface area contributed by atoms with Gasteiger partial charge >= 0.3 is 0 Å². The third-order valence-electron chi connectivity index (χ3n) is 5.32. The molecule has 2 aliphatic rings. The minimum atomic E-state index is 0.442. The molecule has 2 heteroatoms. The summed E-state index contributed by atoms with van der Waals surface area (Å²) in [5.74, 6) is 0. The van der Waals surface area contributed by atoms with Crippen LogP contribution in [0.4, 0.5) is 0 Å². The smallest absolute Gasteiger partial charge is 0.0586 e. The zero-order valence-corrected chi connectivity index (χ0v) is 13.5. The summed E-state index contributed by atoms with van der Waals surface area (Å²) >= 11 is 0. The van der Waals surface area contributed by atoms with Crippen molar-refractivity contribution in [3.05, 3.63) is 34.9 Å². The van der Waals surface area contributed by atoms with Gasteiger partial charge < -0.3 is 10.1 Å². The SMILES string of the molecule is COC1CCCC(NC(C)c2ccc3c(c2)CCCC3)C1. The van der Waals surface area contributed by atoms with Crippen molar-refractivity contribution in [2.75, 3.05) is 7.11 Å². The van der Waals surface area contributed by atoms with Gasteiger partial charge in [-0.1, -0.05) is 18.2 Å². The van der Waals surface area contributed by atoms with Crippen molar-refractivity contribution in [3.63, 3.8) is 0 Å². The molecule has 1 aromatic rings. The van der Waals surface area contributed by atoms with Crippen molar-refractivity contribution in [2.24, 2.45) is 0 Å². The van der Waals surface area contributed by atoms with Gasteiger partial charge in [-0.2, -0.15) is 0 Å². The fourth-order valence-electron chi connectivity index (χ4n) is 3.98. The molecule has 1 saturated carbocycles. The summed E-state index contributed by atoms with van der Waals surface area (Å²) in [5.41, 5.74) is 4.62.